The standard InChI is InChI=1S/C28H27FN6O5/c1-5-31-23-19(26(37)33-17-11-9-16(10-12-17)21-15(3)40-35(4)28(21)39)13-14(2)32-24(23)27(38)34-20-8-6-7-18(22(20)29)25(30)36/h6-13,31H,5H2,1-4H3,(H2,30,36)(H,33,37)(H,34,38). The Morgan fingerprint density at radius 3 is 2.33 bits per heavy atom. The summed E-state index contributed by atoms with van der Waals surface area (Å²) in [6, 6.07) is 12.0. The van der Waals surface area contributed by atoms with Crippen LogP contribution >= 0.6 is 0 Å². The van der Waals surface area contributed by atoms with Crippen LogP contribution in [-0.4, -0.2) is 34.0 Å². The summed E-state index contributed by atoms with van der Waals surface area (Å²) in [6.07, 6.45) is 0. The Kier molecular flexibility index (Phi) is 7.80. The van der Waals surface area contributed by atoms with E-state index < -0.39 is 23.5 Å². The lowest BCUT2D eigenvalue weighted by Gasteiger charge is -2.16. The predicted molar refractivity (Wildman–Crippen MR) is 148 cm³/mol. The molecule has 0 bridgehead atoms. The minimum Gasteiger partial charge on any atom is -0.383 e. The molecule has 0 fully saturated rings. The second-order valence-electron chi connectivity index (χ2n) is 8.91. The number of aryl methyl sites for hydroxylation is 3. The van der Waals surface area contributed by atoms with E-state index in [1.54, 1.807) is 45.0 Å². The number of primary amides is 1. The highest BCUT2D eigenvalue weighted by Crippen LogP contribution is 2.26. The number of aromatic nitrogens is 2. The second kappa shape index (κ2) is 11.2. The van der Waals surface area contributed by atoms with E-state index in [9.17, 15) is 23.6 Å². The van der Waals surface area contributed by atoms with Crippen molar-refractivity contribution in [2.45, 2.75) is 20.8 Å². The van der Waals surface area contributed by atoms with Gasteiger partial charge in [0.15, 0.2) is 11.5 Å². The number of nitrogens with one attached hydrogen (secondary N) is 3. The van der Waals surface area contributed by atoms with Crippen molar-refractivity contribution in [2.24, 2.45) is 12.8 Å². The Balaban J connectivity index is 1.64. The number of pyridine rings is 1. The number of carbonyl (C=O) groups is 3. The predicted octanol–water partition coefficient (Wildman–Crippen LogP) is 3.83. The first-order valence-electron chi connectivity index (χ1n) is 12.3. The van der Waals surface area contributed by atoms with Crippen LogP contribution in [0.15, 0.2) is 57.8 Å². The third-order valence-electron chi connectivity index (χ3n) is 6.03. The van der Waals surface area contributed by atoms with E-state index >= 15 is 0 Å². The topological polar surface area (TPSA) is 161 Å². The van der Waals surface area contributed by atoms with Gasteiger partial charge in [0.2, 0.25) is 0 Å². The molecular weight excluding hydrogens is 519 g/mol. The van der Waals surface area contributed by atoms with E-state index in [4.69, 9.17) is 10.3 Å². The number of carbonyl (C=O) groups excluding carboxylic acids is 3. The summed E-state index contributed by atoms with van der Waals surface area (Å²) in [5.41, 5.74) is 6.28. The highest BCUT2D eigenvalue weighted by molar-refractivity contribution is 6.14. The maximum absolute atomic E-state index is 14.7. The molecule has 5 N–H and O–H groups in total. The number of hydrogen-bond donors (Lipinski definition) is 4. The van der Waals surface area contributed by atoms with E-state index in [0.717, 1.165) is 4.74 Å². The summed E-state index contributed by atoms with van der Waals surface area (Å²) in [4.78, 5) is 54.7. The van der Waals surface area contributed by atoms with Crippen molar-refractivity contribution in [3.63, 3.8) is 0 Å². The van der Waals surface area contributed by atoms with Gasteiger partial charge in [0.05, 0.1) is 28.1 Å². The fourth-order valence-corrected chi connectivity index (χ4v) is 4.22. The van der Waals surface area contributed by atoms with Gasteiger partial charge in [-0.2, -0.15) is 4.74 Å². The summed E-state index contributed by atoms with van der Waals surface area (Å²) >= 11 is 0. The maximum Gasteiger partial charge on any atom is 0.290 e. The Labute approximate surface area is 228 Å². The minimum atomic E-state index is -0.982. The van der Waals surface area contributed by atoms with E-state index in [0.29, 0.717) is 34.8 Å². The molecule has 0 unspecified atom stereocenters. The summed E-state index contributed by atoms with van der Waals surface area (Å²) < 4.78 is 21.2. The van der Waals surface area contributed by atoms with Gasteiger partial charge in [-0.15, -0.1) is 0 Å². The lowest BCUT2D eigenvalue weighted by Crippen LogP contribution is -2.23. The number of amides is 3. The van der Waals surface area contributed by atoms with Crippen molar-refractivity contribution in [3.8, 4) is 11.1 Å². The fourth-order valence-electron chi connectivity index (χ4n) is 4.22. The van der Waals surface area contributed by atoms with Crippen LogP contribution < -0.4 is 27.2 Å². The number of hydrogen-bond acceptors (Lipinski definition) is 7. The Hall–Kier alpha value is -5.26. The van der Waals surface area contributed by atoms with Crippen LogP contribution in [0.1, 0.15) is 49.6 Å². The molecule has 0 atom stereocenters. The van der Waals surface area contributed by atoms with E-state index in [-0.39, 0.29) is 33.8 Å². The normalized spacial score (nSPS) is 10.7. The molecule has 0 spiro atoms. The van der Waals surface area contributed by atoms with Gasteiger partial charge in [-0.05, 0) is 56.7 Å². The molecule has 0 saturated carbocycles. The first-order valence-corrected chi connectivity index (χ1v) is 12.3. The summed E-state index contributed by atoms with van der Waals surface area (Å²) in [6.45, 7) is 5.43. The van der Waals surface area contributed by atoms with Gasteiger partial charge < -0.3 is 26.2 Å². The van der Waals surface area contributed by atoms with Crippen LogP contribution in [0, 0.1) is 19.7 Å². The van der Waals surface area contributed by atoms with E-state index in [2.05, 4.69) is 20.9 Å². The monoisotopic (exact) mass is 546 g/mol. The second-order valence-corrected chi connectivity index (χ2v) is 8.91. The summed E-state index contributed by atoms with van der Waals surface area (Å²) in [5, 5.41) is 8.19. The molecule has 0 aliphatic rings. The van der Waals surface area contributed by atoms with Crippen molar-refractivity contribution in [3.05, 3.63) is 93.0 Å². The highest BCUT2D eigenvalue weighted by Gasteiger charge is 2.24. The molecular formula is C28H27FN6O5. The van der Waals surface area contributed by atoms with Crippen LogP contribution in [0.25, 0.3) is 11.1 Å². The van der Waals surface area contributed by atoms with Crippen LogP contribution in [-0.2, 0) is 7.05 Å². The van der Waals surface area contributed by atoms with Crippen molar-refractivity contribution in [1.29, 1.82) is 0 Å². The molecule has 0 aliphatic heterocycles. The summed E-state index contributed by atoms with van der Waals surface area (Å²) in [5.74, 6) is -2.81. The molecule has 206 valence electrons. The van der Waals surface area contributed by atoms with Crippen LogP contribution in [0.2, 0.25) is 0 Å². The molecule has 40 heavy (non-hydrogen) atoms. The van der Waals surface area contributed by atoms with Crippen LogP contribution in [0.5, 0.6) is 0 Å². The molecule has 2 aromatic heterocycles. The Bertz CT molecular complexity index is 1690. The van der Waals surface area contributed by atoms with E-state index in [1.165, 1.54) is 31.3 Å². The first kappa shape index (κ1) is 27.8. The molecule has 11 nitrogen and oxygen atoms in total. The van der Waals surface area contributed by atoms with Gasteiger partial charge in [0.25, 0.3) is 23.3 Å². The smallest absolute Gasteiger partial charge is 0.290 e. The zero-order chi connectivity index (χ0) is 29.1. The number of benzene rings is 2. The largest absolute Gasteiger partial charge is 0.383 e. The number of rotatable bonds is 8. The zero-order valence-corrected chi connectivity index (χ0v) is 22.2. The molecule has 4 rings (SSSR count). The van der Waals surface area contributed by atoms with Gasteiger partial charge in [-0.1, -0.05) is 18.2 Å². The van der Waals surface area contributed by atoms with Crippen molar-refractivity contribution in [2.75, 3.05) is 22.5 Å². The quantitative estimate of drug-likeness (QED) is 0.261. The Morgan fingerprint density at radius 1 is 1.02 bits per heavy atom. The van der Waals surface area contributed by atoms with Gasteiger partial charge >= 0.3 is 0 Å². The van der Waals surface area contributed by atoms with Crippen molar-refractivity contribution >= 4 is 34.8 Å². The molecule has 3 amide bonds. The average molecular weight is 547 g/mol. The maximum atomic E-state index is 14.7. The lowest BCUT2D eigenvalue weighted by molar-refractivity contribution is 0.0989. The fraction of sp³-hybridized carbons (Fsp3) is 0.179. The van der Waals surface area contributed by atoms with Crippen LogP contribution in [0.4, 0.5) is 21.5 Å². The van der Waals surface area contributed by atoms with Gasteiger partial charge in [0.1, 0.15) is 5.76 Å². The molecule has 12 heteroatoms. The minimum absolute atomic E-state index is 0.134. The molecule has 2 aromatic carbocycles. The highest BCUT2D eigenvalue weighted by atomic mass is 19.1. The van der Waals surface area contributed by atoms with Gasteiger partial charge in [-0.3, -0.25) is 19.2 Å². The Morgan fingerprint density at radius 2 is 1.73 bits per heavy atom. The molecule has 0 aliphatic carbocycles. The zero-order valence-electron chi connectivity index (χ0n) is 22.2. The number of nitrogens with two attached hydrogens (primary N) is 1. The molecule has 4 aromatic rings. The third-order valence-corrected chi connectivity index (χ3v) is 6.03. The number of halogens is 1. The number of anilines is 3. The van der Waals surface area contributed by atoms with Crippen molar-refractivity contribution < 1.29 is 23.3 Å². The molecule has 0 radical (unpaired) electrons. The summed E-state index contributed by atoms with van der Waals surface area (Å²) in [7, 11) is 1.52. The lowest BCUT2D eigenvalue weighted by atomic mass is 10.1. The van der Waals surface area contributed by atoms with Gasteiger partial charge in [0, 0.05) is 25.0 Å². The molecule has 0 saturated heterocycles. The average Bonchev–Trinajstić information content (AvgIpc) is 3.16. The molecule has 2 heterocycles. The van der Waals surface area contributed by atoms with E-state index in [1.807, 2.05) is 0 Å². The first-order chi connectivity index (χ1) is 19.0. The van der Waals surface area contributed by atoms with Crippen LogP contribution in [0.3, 0.4) is 0 Å². The van der Waals surface area contributed by atoms with Gasteiger partial charge in [-0.25, -0.2) is 9.37 Å². The SMILES string of the molecule is CCNc1c(C(=O)Nc2ccc(-c3c(C)on(C)c3=O)cc2)cc(C)nc1C(=O)Nc1cccc(C(N)=O)c1F. The third kappa shape index (κ3) is 5.46. The number of nitrogens with zero attached hydrogens (tertiary/aromatic N) is 2. The van der Waals surface area contributed by atoms with Crippen molar-refractivity contribution in [1.82, 2.24) is 9.72 Å².